The van der Waals surface area contributed by atoms with Gasteiger partial charge >= 0.3 is 12.1 Å². The summed E-state index contributed by atoms with van der Waals surface area (Å²) in [4.78, 5) is 23.0. The molecule has 0 heterocycles. The molecule has 6 heteroatoms. The van der Waals surface area contributed by atoms with Gasteiger partial charge in [0, 0.05) is 6.42 Å². The molecule has 114 valence electrons. The molecule has 0 spiro atoms. The molecule has 0 radical (unpaired) electrons. The van der Waals surface area contributed by atoms with E-state index in [2.05, 4.69) is 5.32 Å². The number of phenols is 1. The van der Waals surface area contributed by atoms with E-state index in [-0.39, 0.29) is 12.2 Å². The predicted octanol–water partition coefficient (Wildman–Crippen LogP) is 2.18. The van der Waals surface area contributed by atoms with Crippen molar-refractivity contribution in [3.63, 3.8) is 0 Å². The molecule has 2 rings (SSSR count). The Bertz CT molecular complexity index is 639. The molecule has 6 nitrogen and oxygen atoms in total. The summed E-state index contributed by atoms with van der Waals surface area (Å²) >= 11 is 0. The number of aliphatic carboxylic acids is 1. The maximum atomic E-state index is 11.7. The topological polar surface area (TPSA) is 95.9 Å². The van der Waals surface area contributed by atoms with Crippen LogP contribution in [-0.2, 0) is 11.2 Å². The van der Waals surface area contributed by atoms with Crippen molar-refractivity contribution in [2.24, 2.45) is 0 Å². The van der Waals surface area contributed by atoms with Gasteiger partial charge in [0.25, 0.3) is 0 Å². The zero-order valence-corrected chi connectivity index (χ0v) is 11.6. The number of amides is 1. The van der Waals surface area contributed by atoms with Crippen LogP contribution in [0.25, 0.3) is 0 Å². The van der Waals surface area contributed by atoms with E-state index in [4.69, 9.17) is 4.74 Å². The van der Waals surface area contributed by atoms with E-state index in [9.17, 15) is 19.8 Å². The average molecular weight is 301 g/mol. The fourth-order valence-electron chi connectivity index (χ4n) is 1.84. The van der Waals surface area contributed by atoms with Gasteiger partial charge in [-0.1, -0.05) is 30.3 Å². The molecule has 0 aliphatic heterocycles. The number of hydrogen-bond donors (Lipinski definition) is 3. The molecule has 0 saturated carbocycles. The highest BCUT2D eigenvalue weighted by atomic mass is 16.6. The molecule has 2 aromatic rings. The molecule has 0 aromatic heterocycles. The number of hydrogen-bond acceptors (Lipinski definition) is 4. The molecule has 0 fully saturated rings. The van der Waals surface area contributed by atoms with Crippen molar-refractivity contribution in [3.8, 4) is 11.5 Å². The fraction of sp³-hybridized carbons (Fsp3) is 0.125. The molecular formula is C16H15NO5. The average Bonchev–Trinajstić information content (AvgIpc) is 2.49. The monoisotopic (exact) mass is 301 g/mol. The first-order valence-corrected chi connectivity index (χ1v) is 6.58. The number of aromatic hydroxyl groups is 1. The number of benzene rings is 2. The normalized spacial score (nSPS) is 11.5. The largest absolute Gasteiger partial charge is 0.508 e. The highest BCUT2D eigenvalue weighted by molar-refractivity contribution is 5.81. The minimum absolute atomic E-state index is 0.0828. The molecule has 22 heavy (non-hydrogen) atoms. The minimum atomic E-state index is -1.17. The van der Waals surface area contributed by atoms with Crippen molar-refractivity contribution in [1.82, 2.24) is 5.32 Å². The number of carboxylic acids is 1. The second-order valence-corrected chi connectivity index (χ2v) is 4.61. The first-order valence-electron chi connectivity index (χ1n) is 6.58. The lowest BCUT2D eigenvalue weighted by molar-refractivity contribution is -0.139. The maximum Gasteiger partial charge on any atom is 0.413 e. The smallest absolute Gasteiger partial charge is 0.413 e. The van der Waals surface area contributed by atoms with E-state index < -0.39 is 18.1 Å². The van der Waals surface area contributed by atoms with Gasteiger partial charge in [0.1, 0.15) is 17.5 Å². The summed E-state index contributed by atoms with van der Waals surface area (Å²) in [6.45, 7) is 0. The van der Waals surface area contributed by atoms with Crippen LogP contribution in [0.2, 0.25) is 0 Å². The van der Waals surface area contributed by atoms with Gasteiger partial charge in [-0.3, -0.25) is 0 Å². The van der Waals surface area contributed by atoms with E-state index in [0.29, 0.717) is 11.3 Å². The summed E-state index contributed by atoms with van der Waals surface area (Å²) < 4.78 is 5.00. The Hall–Kier alpha value is -3.02. The molecule has 0 aliphatic rings. The summed E-state index contributed by atoms with van der Waals surface area (Å²) in [5, 5.41) is 20.7. The molecule has 0 unspecified atom stereocenters. The maximum absolute atomic E-state index is 11.7. The van der Waals surface area contributed by atoms with Gasteiger partial charge in [-0.15, -0.1) is 0 Å². The summed E-state index contributed by atoms with van der Waals surface area (Å²) in [6.07, 6.45) is -0.753. The third-order valence-corrected chi connectivity index (χ3v) is 2.92. The molecule has 1 amide bonds. The number of rotatable bonds is 5. The van der Waals surface area contributed by atoms with E-state index in [1.54, 1.807) is 42.5 Å². The van der Waals surface area contributed by atoms with E-state index >= 15 is 0 Å². The molecule has 0 saturated heterocycles. The van der Waals surface area contributed by atoms with Gasteiger partial charge in [-0.2, -0.15) is 0 Å². The first-order chi connectivity index (χ1) is 10.5. The lowest BCUT2D eigenvalue weighted by Gasteiger charge is -2.14. The number of carboxylic acid groups (broad SMARTS) is 1. The van der Waals surface area contributed by atoms with Gasteiger partial charge in [0.05, 0.1) is 0 Å². The number of carbonyl (C=O) groups excluding carboxylic acids is 1. The van der Waals surface area contributed by atoms with Gasteiger partial charge < -0.3 is 20.3 Å². The van der Waals surface area contributed by atoms with Crippen LogP contribution in [0.4, 0.5) is 4.79 Å². The van der Waals surface area contributed by atoms with Crippen molar-refractivity contribution in [1.29, 1.82) is 0 Å². The lowest BCUT2D eigenvalue weighted by Crippen LogP contribution is -2.43. The van der Waals surface area contributed by atoms with E-state index in [1.165, 1.54) is 12.1 Å². The van der Waals surface area contributed by atoms with Crippen molar-refractivity contribution in [2.45, 2.75) is 12.5 Å². The second kappa shape index (κ2) is 7.12. The van der Waals surface area contributed by atoms with Gasteiger partial charge in [-0.25, -0.2) is 9.59 Å². The summed E-state index contributed by atoms with van der Waals surface area (Å²) in [6, 6.07) is 13.3. The highest BCUT2D eigenvalue weighted by Gasteiger charge is 2.21. The van der Waals surface area contributed by atoms with Crippen molar-refractivity contribution in [2.75, 3.05) is 0 Å². The van der Waals surface area contributed by atoms with E-state index in [1.807, 2.05) is 0 Å². The quantitative estimate of drug-likeness (QED) is 0.786. The van der Waals surface area contributed by atoms with Crippen LogP contribution in [0.3, 0.4) is 0 Å². The molecule has 1 atom stereocenters. The van der Waals surface area contributed by atoms with Gasteiger partial charge in [0.2, 0.25) is 0 Å². The Kier molecular flexibility index (Phi) is 4.98. The first kappa shape index (κ1) is 15.4. The summed E-state index contributed by atoms with van der Waals surface area (Å²) in [7, 11) is 0. The van der Waals surface area contributed by atoms with E-state index in [0.717, 1.165) is 0 Å². The zero-order chi connectivity index (χ0) is 15.9. The molecule has 0 bridgehead atoms. The van der Waals surface area contributed by atoms with Crippen molar-refractivity contribution in [3.05, 3.63) is 60.2 Å². The minimum Gasteiger partial charge on any atom is -0.508 e. The standard InChI is InChI=1S/C16H15NO5/c18-12-8-6-11(7-9-12)10-14(15(19)20)17-16(21)22-13-4-2-1-3-5-13/h1-9,14,18H,10H2,(H,17,21)(H,19,20)/t14-/m0/s1. The zero-order valence-electron chi connectivity index (χ0n) is 11.6. The SMILES string of the molecule is O=C(N[C@@H](Cc1ccc(O)cc1)C(=O)O)Oc1ccccc1. The Morgan fingerprint density at radius 2 is 1.68 bits per heavy atom. The third-order valence-electron chi connectivity index (χ3n) is 2.92. The van der Waals surface area contributed by atoms with Crippen LogP contribution in [0.1, 0.15) is 5.56 Å². The van der Waals surface area contributed by atoms with Crippen LogP contribution in [0.5, 0.6) is 11.5 Å². The second-order valence-electron chi connectivity index (χ2n) is 4.61. The Morgan fingerprint density at radius 1 is 1.05 bits per heavy atom. The Balaban J connectivity index is 1.98. The van der Waals surface area contributed by atoms with Crippen LogP contribution < -0.4 is 10.1 Å². The number of nitrogens with one attached hydrogen (secondary N) is 1. The van der Waals surface area contributed by atoms with Gasteiger partial charge in [-0.05, 0) is 29.8 Å². The van der Waals surface area contributed by atoms with Crippen LogP contribution in [0, 0.1) is 0 Å². The van der Waals surface area contributed by atoms with Crippen LogP contribution in [0.15, 0.2) is 54.6 Å². The fourth-order valence-corrected chi connectivity index (χ4v) is 1.84. The molecule has 2 aromatic carbocycles. The lowest BCUT2D eigenvalue weighted by atomic mass is 10.1. The van der Waals surface area contributed by atoms with Gasteiger partial charge in [0.15, 0.2) is 0 Å². The Morgan fingerprint density at radius 3 is 2.27 bits per heavy atom. The summed E-state index contributed by atoms with van der Waals surface area (Å²) in [5.74, 6) is -0.751. The number of phenolic OH excluding ortho intramolecular Hbond substituents is 1. The highest BCUT2D eigenvalue weighted by Crippen LogP contribution is 2.12. The number of para-hydroxylation sites is 1. The number of ether oxygens (including phenoxy) is 1. The summed E-state index contributed by atoms with van der Waals surface area (Å²) in [5.41, 5.74) is 0.671. The van der Waals surface area contributed by atoms with Crippen LogP contribution in [-0.4, -0.2) is 28.3 Å². The third kappa shape index (κ3) is 4.52. The molecular weight excluding hydrogens is 286 g/mol. The molecule has 0 aliphatic carbocycles. The van der Waals surface area contributed by atoms with Crippen molar-refractivity contribution < 1.29 is 24.5 Å². The van der Waals surface area contributed by atoms with Crippen molar-refractivity contribution >= 4 is 12.1 Å². The molecule has 3 N–H and O–H groups in total. The number of carbonyl (C=O) groups is 2. The predicted molar refractivity (Wildman–Crippen MR) is 78.8 cm³/mol. The van der Waals surface area contributed by atoms with Crippen LogP contribution >= 0.6 is 0 Å². The Labute approximate surface area is 127 Å².